The van der Waals surface area contributed by atoms with Crippen molar-refractivity contribution in [1.82, 2.24) is 15.0 Å². The van der Waals surface area contributed by atoms with E-state index in [1.165, 1.54) is 0 Å². The predicted molar refractivity (Wildman–Crippen MR) is 123 cm³/mol. The maximum Gasteiger partial charge on any atom is 0.255 e. The van der Waals surface area contributed by atoms with Crippen LogP contribution in [0.4, 0.5) is 5.69 Å². The van der Waals surface area contributed by atoms with E-state index in [-0.39, 0.29) is 12.0 Å². The molecule has 0 spiro atoms. The normalized spacial score (nSPS) is 12.0. The van der Waals surface area contributed by atoms with E-state index in [9.17, 15) is 4.79 Å². The highest BCUT2D eigenvalue weighted by Gasteiger charge is 2.13. The largest absolute Gasteiger partial charge is 0.491 e. The van der Waals surface area contributed by atoms with E-state index in [0.717, 1.165) is 23.2 Å². The van der Waals surface area contributed by atoms with Gasteiger partial charge >= 0.3 is 0 Å². The molecule has 1 N–H and O–H groups in total. The quantitative estimate of drug-likeness (QED) is 0.415. The van der Waals surface area contributed by atoms with Crippen LogP contribution >= 0.6 is 11.6 Å². The zero-order chi connectivity index (χ0) is 22.0. The molecule has 0 fully saturated rings. The van der Waals surface area contributed by atoms with Gasteiger partial charge in [-0.2, -0.15) is 4.80 Å². The van der Waals surface area contributed by atoms with Crippen molar-refractivity contribution in [2.45, 2.75) is 33.3 Å². The van der Waals surface area contributed by atoms with Gasteiger partial charge in [-0.3, -0.25) is 4.79 Å². The molecular weight excluding hydrogens is 412 g/mol. The Morgan fingerprint density at radius 2 is 1.81 bits per heavy atom. The Kier molecular flexibility index (Phi) is 5.91. The zero-order valence-electron chi connectivity index (χ0n) is 17.6. The fraction of sp³-hybridized carbons (Fsp3) is 0.208. The van der Waals surface area contributed by atoms with Crippen LogP contribution in [0.15, 0.2) is 60.7 Å². The van der Waals surface area contributed by atoms with Gasteiger partial charge in [0.1, 0.15) is 16.8 Å². The molecule has 4 rings (SSSR count). The van der Waals surface area contributed by atoms with Crippen LogP contribution in [0.25, 0.3) is 16.7 Å². The summed E-state index contributed by atoms with van der Waals surface area (Å²) in [4.78, 5) is 14.4. The van der Waals surface area contributed by atoms with Crippen LogP contribution in [0, 0.1) is 6.92 Å². The van der Waals surface area contributed by atoms with Gasteiger partial charge in [-0.25, -0.2) is 0 Å². The lowest BCUT2D eigenvalue weighted by molar-refractivity contribution is 0.102. The third-order valence-electron chi connectivity index (χ3n) is 5.04. The first kappa shape index (κ1) is 20.9. The summed E-state index contributed by atoms with van der Waals surface area (Å²) in [6, 6.07) is 18.2. The highest BCUT2D eigenvalue weighted by Crippen LogP contribution is 2.24. The van der Waals surface area contributed by atoms with E-state index in [0.29, 0.717) is 27.5 Å². The lowest BCUT2D eigenvalue weighted by Crippen LogP contribution is -2.14. The van der Waals surface area contributed by atoms with Crippen molar-refractivity contribution in [2.24, 2.45) is 0 Å². The molecule has 31 heavy (non-hydrogen) atoms. The van der Waals surface area contributed by atoms with Gasteiger partial charge in [0.15, 0.2) is 0 Å². The topological polar surface area (TPSA) is 69.0 Å². The maximum atomic E-state index is 12.8. The Morgan fingerprint density at radius 3 is 2.52 bits per heavy atom. The summed E-state index contributed by atoms with van der Waals surface area (Å²) in [6.07, 6.45) is 0.984. The van der Waals surface area contributed by atoms with Crippen LogP contribution < -0.4 is 10.1 Å². The molecule has 1 heterocycles. The third-order valence-corrected chi connectivity index (χ3v) is 5.29. The Morgan fingerprint density at radius 1 is 1.10 bits per heavy atom. The highest BCUT2D eigenvalue weighted by molar-refractivity contribution is 6.30. The van der Waals surface area contributed by atoms with Crippen molar-refractivity contribution in [2.75, 3.05) is 5.32 Å². The number of carbonyl (C=O) groups excluding carboxylic acids is 1. The van der Waals surface area contributed by atoms with Crippen LogP contribution in [-0.4, -0.2) is 27.0 Å². The first-order chi connectivity index (χ1) is 14.9. The molecule has 1 amide bonds. The van der Waals surface area contributed by atoms with Gasteiger partial charge in [0.25, 0.3) is 5.91 Å². The summed E-state index contributed by atoms with van der Waals surface area (Å²) in [6.45, 7) is 5.99. The average Bonchev–Trinajstić information content (AvgIpc) is 3.17. The molecule has 0 saturated carbocycles. The number of benzene rings is 3. The Balaban J connectivity index is 1.58. The number of ether oxygens (including phenoxy) is 1. The lowest BCUT2D eigenvalue weighted by Gasteiger charge is -2.13. The molecule has 1 atom stereocenters. The molecule has 7 heteroatoms. The van der Waals surface area contributed by atoms with Crippen LogP contribution in [0.2, 0.25) is 5.02 Å². The molecule has 1 aromatic heterocycles. The first-order valence-electron chi connectivity index (χ1n) is 10.1. The number of anilines is 1. The number of hydrogen-bond acceptors (Lipinski definition) is 4. The van der Waals surface area contributed by atoms with Gasteiger partial charge in [-0.05, 0) is 80.4 Å². The first-order valence-corrected chi connectivity index (χ1v) is 10.5. The standard InChI is InChI=1S/C24H23ClN4O2/c1-4-16(3)31-20-7-5-6-17(13-20)24(30)26-21-14-23-22(12-15(21)2)27-29(28-23)19-10-8-18(25)9-11-19/h5-14,16H,4H2,1-3H3,(H,26,30)/t16-/m1/s1. The smallest absolute Gasteiger partial charge is 0.255 e. The van der Waals surface area contributed by atoms with Gasteiger partial charge in [-0.1, -0.05) is 24.6 Å². The number of hydrogen-bond donors (Lipinski definition) is 1. The van der Waals surface area contributed by atoms with Gasteiger partial charge in [0.05, 0.1) is 11.8 Å². The third kappa shape index (κ3) is 4.70. The molecule has 158 valence electrons. The van der Waals surface area contributed by atoms with E-state index < -0.39 is 0 Å². The molecule has 3 aromatic carbocycles. The van der Waals surface area contributed by atoms with E-state index in [4.69, 9.17) is 16.3 Å². The summed E-state index contributed by atoms with van der Waals surface area (Å²) in [7, 11) is 0. The fourth-order valence-electron chi connectivity index (χ4n) is 3.11. The van der Waals surface area contributed by atoms with Gasteiger partial charge in [-0.15, -0.1) is 10.2 Å². The number of nitrogens with zero attached hydrogens (tertiary/aromatic N) is 3. The van der Waals surface area contributed by atoms with Crippen LogP contribution in [-0.2, 0) is 0 Å². The van der Waals surface area contributed by atoms with Gasteiger partial charge < -0.3 is 10.1 Å². The molecular formula is C24H23ClN4O2. The Hall–Kier alpha value is -3.38. The van der Waals surface area contributed by atoms with Gasteiger partial charge in [0, 0.05) is 16.3 Å². The number of aromatic nitrogens is 3. The second kappa shape index (κ2) is 8.78. The van der Waals surface area contributed by atoms with E-state index in [2.05, 4.69) is 22.4 Å². The molecule has 0 bridgehead atoms. The predicted octanol–water partition coefficient (Wildman–Crippen LogP) is 5.81. The van der Waals surface area contributed by atoms with Crippen LogP contribution in [0.5, 0.6) is 5.75 Å². The van der Waals surface area contributed by atoms with E-state index in [1.807, 2.05) is 50.2 Å². The average molecular weight is 435 g/mol. The monoisotopic (exact) mass is 434 g/mol. The number of nitrogens with one attached hydrogen (secondary N) is 1. The minimum Gasteiger partial charge on any atom is -0.491 e. The van der Waals surface area contributed by atoms with Crippen molar-refractivity contribution in [3.05, 3.63) is 76.8 Å². The Labute approximate surface area is 185 Å². The molecule has 6 nitrogen and oxygen atoms in total. The second-order valence-electron chi connectivity index (χ2n) is 7.44. The summed E-state index contributed by atoms with van der Waals surface area (Å²) >= 11 is 5.96. The van der Waals surface area contributed by atoms with Gasteiger partial charge in [0.2, 0.25) is 0 Å². The number of fused-ring (bicyclic) bond motifs is 1. The summed E-state index contributed by atoms with van der Waals surface area (Å²) in [5, 5.41) is 12.7. The summed E-state index contributed by atoms with van der Waals surface area (Å²) in [5.41, 5.74) is 4.36. The highest BCUT2D eigenvalue weighted by atomic mass is 35.5. The number of aryl methyl sites for hydroxylation is 1. The van der Waals surface area contributed by atoms with E-state index >= 15 is 0 Å². The van der Waals surface area contributed by atoms with Crippen molar-refractivity contribution in [1.29, 1.82) is 0 Å². The number of rotatable bonds is 6. The molecule has 0 aliphatic heterocycles. The summed E-state index contributed by atoms with van der Waals surface area (Å²) < 4.78 is 5.83. The number of halogens is 1. The Bertz CT molecular complexity index is 1230. The minimum absolute atomic E-state index is 0.0891. The van der Waals surface area contributed by atoms with Crippen molar-refractivity contribution in [3.8, 4) is 11.4 Å². The van der Waals surface area contributed by atoms with Crippen LogP contribution in [0.1, 0.15) is 36.2 Å². The van der Waals surface area contributed by atoms with Crippen LogP contribution in [0.3, 0.4) is 0 Å². The van der Waals surface area contributed by atoms with Crippen molar-refractivity contribution >= 4 is 34.2 Å². The van der Waals surface area contributed by atoms with Crippen molar-refractivity contribution < 1.29 is 9.53 Å². The molecule has 4 aromatic rings. The lowest BCUT2D eigenvalue weighted by atomic mass is 10.1. The second-order valence-corrected chi connectivity index (χ2v) is 7.88. The molecule has 0 aliphatic carbocycles. The number of carbonyl (C=O) groups is 1. The zero-order valence-corrected chi connectivity index (χ0v) is 18.3. The molecule has 0 aliphatic rings. The summed E-state index contributed by atoms with van der Waals surface area (Å²) in [5.74, 6) is 0.474. The SMILES string of the molecule is CC[C@@H](C)Oc1cccc(C(=O)Nc2cc3nn(-c4ccc(Cl)cc4)nc3cc2C)c1. The molecule has 0 unspecified atom stereocenters. The van der Waals surface area contributed by atoms with E-state index in [1.54, 1.807) is 29.1 Å². The number of amides is 1. The molecule has 0 radical (unpaired) electrons. The minimum atomic E-state index is -0.206. The fourth-order valence-corrected chi connectivity index (χ4v) is 3.24. The van der Waals surface area contributed by atoms with Crippen molar-refractivity contribution in [3.63, 3.8) is 0 Å². The maximum absolute atomic E-state index is 12.8. The molecule has 0 saturated heterocycles.